The number of ketones is 1. The largest absolute Gasteiger partial charge is 0.494 e. The number of hydrogen-bond acceptors (Lipinski definition) is 6. The molecule has 152 valence electrons. The molecule has 0 amide bonds. The van der Waals surface area contributed by atoms with E-state index in [1.54, 1.807) is 43.3 Å². The first-order valence-electron chi connectivity index (χ1n) is 9.62. The maximum atomic E-state index is 12.4. The van der Waals surface area contributed by atoms with Crippen molar-refractivity contribution in [2.75, 3.05) is 19.8 Å². The maximum absolute atomic E-state index is 12.4. The van der Waals surface area contributed by atoms with E-state index >= 15 is 0 Å². The number of carbonyl (C=O) groups is 2. The lowest BCUT2D eigenvalue weighted by atomic mass is 10.1. The van der Waals surface area contributed by atoms with Crippen molar-refractivity contribution in [2.24, 2.45) is 0 Å². The Morgan fingerprint density at radius 2 is 1.79 bits per heavy atom. The third-order valence-corrected chi connectivity index (χ3v) is 4.30. The summed E-state index contributed by atoms with van der Waals surface area (Å²) in [4.78, 5) is 24.6. The SMILES string of the molecule is CCOc1ccc(C(=O)[C@@H](C)OC(=O)/C=C/c2ccc3c(c2)OCCCO3)cc1. The van der Waals surface area contributed by atoms with Crippen LogP contribution in [0.1, 0.15) is 36.2 Å². The smallest absolute Gasteiger partial charge is 0.331 e. The van der Waals surface area contributed by atoms with Crippen LogP contribution in [0, 0.1) is 0 Å². The van der Waals surface area contributed by atoms with Crippen LogP contribution in [-0.2, 0) is 9.53 Å². The summed E-state index contributed by atoms with van der Waals surface area (Å²) in [6.45, 7) is 5.21. The highest BCUT2D eigenvalue weighted by atomic mass is 16.5. The van der Waals surface area contributed by atoms with Crippen molar-refractivity contribution >= 4 is 17.8 Å². The van der Waals surface area contributed by atoms with Crippen LogP contribution in [0.5, 0.6) is 17.2 Å². The van der Waals surface area contributed by atoms with Crippen molar-refractivity contribution in [3.05, 3.63) is 59.7 Å². The van der Waals surface area contributed by atoms with Gasteiger partial charge in [-0.25, -0.2) is 4.79 Å². The third-order valence-electron chi connectivity index (χ3n) is 4.30. The lowest BCUT2D eigenvalue weighted by molar-refractivity contribution is -0.140. The van der Waals surface area contributed by atoms with E-state index in [1.165, 1.54) is 6.08 Å². The molecule has 0 N–H and O–H groups in total. The standard InChI is InChI=1S/C23H24O6/c1-3-26-19-9-7-18(8-10-19)23(25)16(2)29-22(24)12-6-17-5-11-20-21(15-17)28-14-4-13-27-20/h5-12,15-16H,3-4,13-14H2,1-2H3/b12-6+/t16-/m1/s1. The van der Waals surface area contributed by atoms with Gasteiger partial charge in [0.15, 0.2) is 17.6 Å². The highest BCUT2D eigenvalue weighted by molar-refractivity contribution is 6.01. The molecule has 1 aliphatic rings. The van der Waals surface area contributed by atoms with Gasteiger partial charge in [-0.1, -0.05) is 6.07 Å². The van der Waals surface area contributed by atoms with Crippen LogP contribution in [-0.4, -0.2) is 37.7 Å². The summed E-state index contributed by atoms with van der Waals surface area (Å²) in [5.41, 5.74) is 1.23. The molecule has 6 nitrogen and oxygen atoms in total. The molecule has 29 heavy (non-hydrogen) atoms. The molecule has 0 radical (unpaired) electrons. The fourth-order valence-electron chi connectivity index (χ4n) is 2.83. The lowest BCUT2D eigenvalue weighted by Gasteiger charge is -2.11. The van der Waals surface area contributed by atoms with Gasteiger partial charge in [0.2, 0.25) is 5.78 Å². The monoisotopic (exact) mass is 396 g/mol. The molecule has 3 rings (SSSR count). The quantitative estimate of drug-likeness (QED) is 0.399. The van der Waals surface area contributed by atoms with Crippen molar-refractivity contribution in [1.82, 2.24) is 0 Å². The molecule has 2 aromatic carbocycles. The van der Waals surface area contributed by atoms with Crippen LogP contribution in [0.15, 0.2) is 48.5 Å². The van der Waals surface area contributed by atoms with Crippen molar-refractivity contribution < 1.29 is 28.5 Å². The first kappa shape index (κ1) is 20.5. The molecule has 2 aromatic rings. The van der Waals surface area contributed by atoms with E-state index in [1.807, 2.05) is 19.1 Å². The van der Waals surface area contributed by atoms with Gasteiger partial charge in [0.25, 0.3) is 0 Å². The summed E-state index contributed by atoms with van der Waals surface area (Å²) in [5, 5.41) is 0. The minimum absolute atomic E-state index is 0.273. The van der Waals surface area contributed by atoms with Gasteiger partial charge in [-0.2, -0.15) is 0 Å². The molecule has 0 aliphatic carbocycles. The second-order valence-electron chi connectivity index (χ2n) is 6.49. The fraction of sp³-hybridized carbons (Fsp3) is 0.304. The first-order chi connectivity index (χ1) is 14.1. The average Bonchev–Trinajstić information content (AvgIpc) is 2.97. The number of rotatable bonds is 7. The summed E-state index contributed by atoms with van der Waals surface area (Å²) >= 11 is 0. The molecule has 0 fully saturated rings. The Bertz CT molecular complexity index is 885. The number of fused-ring (bicyclic) bond motifs is 1. The Morgan fingerprint density at radius 1 is 1.07 bits per heavy atom. The molecule has 1 heterocycles. The van der Waals surface area contributed by atoms with Gasteiger partial charge < -0.3 is 18.9 Å². The van der Waals surface area contributed by atoms with Crippen LogP contribution in [0.2, 0.25) is 0 Å². The zero-order chi connectivity index (χ0) is 20.6. The van der Waals surface area contributed by atoms with Gasteiger partial charge in [-0.05, 0) is 61.9 Å². The van der Waals surface area contributed by atoms with E-state index < -0.39 is 12.1 Å². The molecule has 6 heteroatoms. The van der Waals surface area contributed by atoms with Crippen LogP contribution in [0.4, 0.5) is 0 Å². The van der Waals surface area contributed by atoms with Gasteiger partial charge >= 0.3 is 5.97 Å². The topological polar surface area (TPSA) is 71.1 Å². The summed E-state index contributed by atoms with van der Waals surface area (Å²) < 4.78 is 21.8. The molecular weight excluding hydrogens is 372 g/mol. The minimum atomic E-state index is -0.895. The van der Waals surface area contributed by atoms with Crippen molar-refractivity contribution in [2.45, 2.75) is 26.4 Å². The normalized spacial score (nSPS) is 14.1. The second kappa shape index (κ2) is 9.78. The fourth-order valence-corrected chi connectivity index (χ4v) is 2.83. The summed E-state index contributed by atoms with van der Waals surface area (Å²) in [6.07, 6.45) is 2.84. The number of benzene rings is 2. The predicted molar refractivity (Wildman–Crippen MR) is 109 cm³/mol. The van der Waals surface area contributed by atoms with E-state index in [-0.39, 0.29) is 5.78 Å². The van der Waals surface area contributed by atoms with E-state index in [0.717, 1.165) is 12.0 Å². The number of Topliss-reactive ketones (excluding diaryl/α,β-unsaturated/α-hetero) is 1. The number of hydrogen-bond donors (Lipinski definition) is 0. The van der Waals surface area contributed by atoms with Crippen molar-refractivity contribution in [3.8, 4) is 17.2 Å². The molecule has 0 saturated carbocycles. The Morgan fingerprint density at radius 3 is 2.52 bits per heavy atom. The average molecular weight is 396 g/mol. The van der Waals surface area contributed by atoms with E-state index in [0.29, 0.717) is 42.6 Å². The Balaban J connectivity index is 1.58. The zero-order valence-electron chi connectivity index (χ0n) is 16.6. The van der Waals surface area contributed by atoms with Gasteiger partial charge in [0, 0.05) is 18.1 Å². The maximum Gasteiger partial charge on any atom is 0.331 e. The number of carbonyl (C=O) groups excluding carboxylic acids is 2. The number of ether oxygens (including phenoxy) is 4. The Hall–Kier alpha value is -3.28. The third kappa shape index (κ3) is 5.60. The Labute approximate surface area is 170 Å². The molecule has 0 aromatic heterocycles. The lowest BCUT2D eigenvalue weighted by Crippen LogP contribution is -2.23. The number of esters is 1. The molecule has 1 atom stereocenters. The van der Waals surface area contributed by atoms with Crippen LogP contribution >= 0.6 is 0 Å². The molecule has 0 unspecified atom stereocenters. The van der Waals surface area contributed by atoms with E-state index in [9.17, 15) is 9.59 Å². The summed E-state index contributed by atoms with van der Waals surface area (Å²) in [5.74, 6) is 1.16. The van der Waals surface area contributed by atoms with Crippen molar-refractivity contribution in [1.29, 1.82) is 0 Å². The molecule has 0 bridgehead atoms. The molecular formula is C23H24O6. The van der Waals surface area contributed by atoms with Gasteiger partial charge in [0.05, 0.1) is 19.8 Å². The highest BCUT2D eigenvalue weighted by Crippen LogP contribution is 2.30. The van der Waals surface area contributed by atoms with E-state index in [2.05, 4.69) is 0 Å². The minimum Gasteiger partial charge on any atom is -0.494 e. The van der Waals surface area contributed by atoms with Gasteiger partial charge in [0.1, 0.15) is 5.75 Å². The zero-order valence-corrected chi connectivity index (χ0v) is 16.6. The summed E-state index contributed by atoms with van der Waals surface area (Å²) in [7, 11) is 0. The van der Waals surface area contributed by atoms with Crippen LogP contribution in [0.3, 0.4) is 0 Å². The molecule has 0 saturated heterocycles. The van der Waals surface area contributed by atoms with Gasteiger partial charge in [-0.3, -0.25) is 4.79 Å². The van der Waals surface area contributed by atoms with E-state index in [4.69, 9.17) is 18.9 Å². The van der Waals surface area contributed by atoms with Crippen molar-refractivity contribution in [3.63, 3.8) is 0 Å². The Kier molecular flexibility index (Phi) is 6.89. The van der Waals surface area contributed by atoms with Crippen LogP contribution < -0.4 is 14.2 Å². The molecule has 0 spiro atoms. The summed E-state index contributed by atoms with van der Waals surface area (Å²) in [6, 6.07) is 12.2. The first-order valence-corrected chi connectivity index (χ1v) is 9.62. The van der Waals surface area contributed by atoms with Crippen LogP contribution in [0.25, 0.3) is 6.08 Å². The predicted octanol–water partition coefficient (Wildman–Crippen LogP) is 4.07. The second-order valence-corrected chi connectivity index (χ2v) is 6.49. The molecule has 1 aliphatic heterocycles. The highest BCUT2D eigenvalue weighted by Gasteiger charge is 2.18. The van der Waals surface area contributed by atoms with Gasteiger partial charge in [-0.15, -0.1) is 0 Å².